The Bertz CT molecular complexity index is 689. The predicted molar refractivity (Wildman–Crippen MR) is 104 cm³/mol. The van der Waals surface area contributed by atoms with E-state index in [4.69, 9.17) is 4.74 Å². The number of esters is 1. The molecule has 0 bridgehead atoms. The van der Waals surface area contributed by atoms with Gasteiger partial charge in [-0.3, -0.25) is 4.79 Å². The number of hydrogen-bond donors (Lipinski definition) is 0. The van der Waals surface area contributed by atoms with Crippen LogP contribution in [0.4, 0.5) is 0 Å². The third kappa shape index (κ3) is 3.37. The van der Waals surface area contributed by atoms with E-state index >= 15 is 0 Å². The summed E-state index contributed by atoms with van der Waals surface area (Å²) in [6.07, 6.45) is 13.4. The maximum Gasteiger partial charge on any atom is 0.311 e. The molecule has 4 rings (SSSR count). The van der Waals surface area contributed by atoms with E-state index in [0.29, 0.717) is 0 Å². The highest BCUT2D eigenvalue weighted by molar-refractivity contribution is 5.76. The fourth-order valence-corrected chi connectivity index (χ4v) is 4.97. The van der Waals surface area contributed by atoms with Crippen LogP contribution in [0.1, 0.15) is 44.3 Å². The second-order valence-electron chi connectivity index (χ2n) is 8.26. The summed E-state index contributed by atoms with van der Waals surface area (Å²) in [5, 5.41) is 0. The first-order valence-corrected chi connectivity index (χ1v) is 9.99. The number of carbonyl (C=O) groups is 1. The molecule has 2 aliphatic heterocycles. The van der Waals surface area contributed by atoms with E-state index in [9.17, 15) is 4.79 Å². The third-order valence-electron chi connectivity index (χ3n) is 6.38. The summed E-state index contributed by atoms with van der Waals surface area (Å²) < 4.78 is 6.01. The fourth-order valence-electron chi connectivity index (χ4n) is 4.97. The molecule has 2 heterocycles. The minimum Gasteiger partial charge on any atom is -0.457 e. The highest BCUT2D eigenvalue weighted by atomic mass is 16.6. The van der Waals surface area contributed by atoms with Crippen LogP contribution in [-0.4, -0.2) is 30.5 Å². The molecule has 26 heavy (non-hydrogen) atoms. The summed E-state index contributed by atoms with van der Waals surface area (Å²) in [5.74, 6) is 0.0959. The summed E-state index contributed by atoms with van der Waals surface area (Å²) in [6.45, 7) is 5.34. The highest BCUT2D eigenvalue weighted by Crippen LogP contribution is 2.52. The van der Waals surface area contributed by atoms with E-state index in [1.165, 1.54) is 19.3 Å². The van der Waals surface area contributed by atoms with Gasteiger partial charge in [0.2, 0.25) is 0 Å². The molecule has 1 aliphatic carbocycles. The van der Waals surface area contributed by atoms with Gasteiger partial charge in [-0.15, -0.1) is 0 Å². The number of carbonyl (C=O) groups excluding carboxylic acids is 1. The first kappa shape index (κ1) is 17.5. The molecule has 0 amide bonds. The standard InChI is InChI=1S/C23H29NO2/c1-23(13-7-3-8-14-23)20-19(17-24-15-9-4-10-16-24)22(25)26-21(20)18-11-5-2-6-12-18/h2-3,5-8,11-13,19-21H,4,9-10,14-17H2,1H3/t19?,20-,21-,23?/m1/s1. The number of allylic oxidation sites excluding steroid dienone is 4. The quantitative estimate of drug-likeness (QED) is 0.747. The predicted octanol–water partition coefficient (Wildman–Crippen LogP) is 4.53. The van der Waals surface area contributed by atoms with Gasteiger partial charge in [0, 0.05) is 12.5 Å². The van der Waals surface area contributed by atoms with Gasteiger partial charge in [-0.25, -0.2) is 0 Å². The topological polar surface area (TPSA) is 29.5 Å². The molecule has 0 saturated carbocycles. The number of hydrogen-bond acceptors (Lipinski definition) is 3. The van der Waals surface area contributed by atoms with Gasteiger partial charge in [0.05, 0.1) is 5.92 Å². The maximum atomic E-state index is 12.9. The molecule has 1 aromatic rings. The van der Waals surface area contributed by atoms with E-state index in [1.54, 1.807) is 0 Å². The van der Waals surface area contributed by atoms with E-state index in [-0.39, 0.29) is 29.3 Å². The van der Waals surface area contributed by atoms with Crippen molar-refractivity contribution in [3.63, 3.8) is 0 Å². The minimum absolute atomic E-state index is 0.0152. The molecule has 0 N–H and O–H groups in total. The molecule has 3 aliphatic rings. The van der Waals surface area contributed by atoms with Crippen LogP contribution < -0.4 is 0 Å². The van der Waals surface area contributed by atoms with Crippen LogP contribution in [0.5, 0.6) is 0 Å². The summed E-state index contributed by atoms with van der Waals surface area (Å²) in [5.41, 5.74) is 1.07. The lowest BCUT2D eigenvalue weighted by Crippen LogP contribution is -2.42. The van der Waals surface area contributed by atoms with Crippen LogP contribution >= 0.6 is 0 Å². The zero-order chi connectivity index (χ0) is 18.0. The van der Waals surface area contributed by atoms with Gasteiger partial charge in [0.15, 0.2) is 0 Å². The molecule has 2 saturated heterocycles. The third-order valence-corrected chi connectivity index (χ3v) is 6.38. The number of ether oxygens (including phenoxy) is 1. The number of rotatable bonds is 4. The number of nitrogens with zero attached hydrogens (tertiary/aromatic N) is 1. The van der Waals surface area contributed by atoms with E-state index < -0.39 is 0 Å². The molecular formula is C23H29NO2. The summed E-state index contributed by atoms with van der Waals surface area (Å²) in [7, 11) is 0. The Hall–Kier alpha value is -1.87. The van der Waals surface area contributed by atoms with Crippen molar-refractivity contribution in [3.8, 4) is 0 Å². The van der Waals surface area contributed by atoms with Crippen molar-refractivity contribution in [2.45, 2.75) is 38.7 Å². The maximum absolute atomic E-state index is 12.9. The van der Waals surface area contributed by atoms with Crippen LogP contribution in [0.25, 0.3) is 0 Å². The van der Waals surface area contributed by atoms with Gasteiger partial charge in [-0.1, -0.05) is 68.0 Å². The smallest absolute Gasteiger partial charge is 0.311 e. The molecule has 3 nitrogen and oxygen atoms in total. The molecule has 138 valence electrons. The van der Waals surface area contributed by atoms with Crippen molar-refractivity contribution in [2.75, 3.05) is 19.6 Å². The lowest BCUT2D eigenvalue weighted by Gasteiger charge is -2.39. The lowest BCUT2D eigenvalue weighted by molar-refractivity contribution is -0.145. The number of cyclic esters (lactones) is 1. The van der Waals surface area contributed by atoms with Gasteiger partial charge < -0.3 is 9.64 Å². The van der Waals surface area contributed by atoms with Crippen LogP contribution in [0.3, 0.4) is 0 Å². The van der Waals surface area contributed by atoms with Gasteiger partial charge >= 0.3 is 5.97 Å². The molecule has 2 unspecified atom stereocenters. The van der Waals surface area contributed by atoms with Crippen molar-refractivity contribution < 1.29 is 9.53 Å². The van der Waals surface area contributed by atoms with Crippen molar-refractivity contribution in [1.29, 1.82) is 0 Å². The van der Waals surface area contributed by atoms with Crippen molar-refractivity contribution in [1.82, 2.24) is 4.90 Å². The van der Waals surface area contributed by atoms with Crippen LogP contribution in [0.2, 0.25) is 0 Å². The second kappa shape index (κ2) is 7.40. The Morgan fingerprint density at radius 3 is 2.58 bits per heavy atom. The number of benzene rings is 1. The monoisotopic (exact) mass is 351 g/mol. The Kier molecular flexibility index (Phi) is 4.99. The van der Waals surface area contributed by atoms with Crippen molar-refractivity contribution in [3.05, 3.63) is 60.2 Å². The first-order chi connectivity index (χ1) is 12.7. The average Bonchev–Trinajstić information content (AvgIpc) is 3.01. The van der Waals surface area contributed by atoms with Crippen molar-refractivity contribution in [2.24, 2.45) is 17.3 Å². The summed E-state index contributed by atoms with van der Waals surface area (Å²) >= 11 is 0. The van der Waals surface area contributed by atoms with Gasteiger partial charge in [0.1, 0.15) is 6.10 Å². The highest BCUT2D eigenvalue weighted by Gasteiger charge is 2.53. The van der Waals surface area contributed by atoms with E-state index in [0.717, 1.165) is 31.6 Å². The largest absolute Gasteiger partial charge is 0.457 e. The van der Waals surface area contributed by atoms with Crippen LogP contribution in [0.15, 0.2) is 54.6 Å². The first-order valence-electron chi connectivity index (χ1n) is 9.99. The fraction of sp³-hybridized carbons (Fsp3) is 0.522. The Morgan fingerprint density at radius 1 is 1.12 bits per heavy atom. The molecular weight excluding hydrogens is 322 g/mol. The lowest BCUT2D eigenvalue weighted by atomic mass is 9.65. The molecule has 2 fully saturated rings. The number of piperidine rings is 1. The molecule has 4 atom stereocenters. The average molecular weight is 351 g/mol. The second-order valence-corrected chi connectivity index (χ2v) is 8.26. The zero-order valence-corrected chi connectivity index (χ0v) is 15.6. The molecule has 1 aromatic carbocycles. The Balaban J connectivity index is 1.65. The van der Waals surface area contributed by atoms with Crippen molar-refractivity contribution >= 4 is 5.97 Å². The molecule has 3 heteroatoms. The Labute approximate surface area is 156 Å². The van der Waals surface area contributed by atoms with E-state index in [2.05, 4.69) is 48.3 Å². The van der Waals surface area contributed by atoms with Gasteiger partial charge in [-0.05, 0) is 43.3 Å². The molecule has 0 aromatic heterocycles. The molecule has 0 radical (unpaired) electrons. The molecule has 0 spiro atoms. The SMILES string of the molecule is CC1([C@@H]2C(CN3CCCCC3)C(=O)O[C@@H]2c2ccccc2)C=CC=CC1. The van der Waals surface area contributed by atoms with Gasteiger partial charge in [-0.2, -0.15) is 0 Å². The normalized spacial score (nSPS) is 34.8. The Morgan fingerprint density at radius 2 is 1.88 bits per heavy atom. The minimum atomic E-state index is -0.153. The summed E-state index contributed by atoms with van der Waals surface area (Å²) in [6, 6.07) is 10.3. The van der Waals surface area contributed by atoms with Crippen LogP contribution in [0, 0.1) is 17.3 Å². The van der Waals surface area contributed by atoms with E-state index in [1.807, 2.05) is 18.2 Å². The number of likely N-dealkylation sites (tertiary alicyclic amines) is 1. The van der Waals surface area contributed by atoms with Gasteiger partial charge in [0.25, 0.3) is 0 Å². The van der Waals surface area contributed by atoms with Crippen LogP contribution in [-0.2, 0) is 9.53 Å². The summed E-state index contributed by atoms with van der Waals surface area (Å²) in [4.78, 5) is 15.4. The zero-order valence-electron chi connectivity index (χ0n) is 15.6.